The van der Waals surface area contributed by atoms with E-state index in [2.05, 4.69) is 16.7 Å². The maximum atomic E-state index is 9.02. The van der Waals surface area contributed by atoms with Gasteiger partial charge in [0.2, 0.25) is 0 Å². The van der Waals surface area contributed by atoms with Gasteiger partial charge in [0.1, 0.15) is 0 Å². The van der Waals surface area contributed by atoms with Gasteiger partial charge in [0.25, 0.3) is 0 Å². The Kier molecular flexibility index (Phi) is 4.19. The van der Waals surface area contributed by atoms with Gasteiger partial charge in [-0.3, -0.25) is 9.80 Å². The molecule has 2 aliphatic heterocycles. The molecule has 2 fully saturated rings. The predicted molar refractivity (Wildman–Crippen MR) is 65.3 cm³/mol. The molecule has 94 valence electrons. The fourth-order valence-corrected chi connectivity index (χ4v) is 3.03. The van der Waals surface area contributed by atoms with E-state index in [1.807, 2.05) is 0 Å². The van der Waals surface area contributed by atoms with Crippen molar-refractivity contribution in [3.63, 3.8) is 0 Å². The molecule has 3 N–H and O–H groups in total. The van der Waals surface area contributed by atoms with Crippen LogP contribution in [-0.4, -0.2) is 65.8 Å². The molecule has 16 heavy (non-hydrogen) atoms. The lowest BCUT2D eigenvalue weighted by Gasteiger charge is -2.48. The number of hydrogen-bond donors (Lipinski definition) is 2. The fourth-order valence-electron chi connectivity index (χ4n) is 3.03. The Morgan fingerprint density at radius 2 is 2.19 bits per heavy atom. The molecule has 2 saturated heterocycles. The summed E-state index contributed by atoms with van der Waals surface area (Å²) >= 11 is 0. The summed E-state index contributed by atoms with van der Waals surface area (Å²) in [7, 11) is 0. The Labute approximate surface area is 98.4 Å². The van der Waals surface area contributed by atoms with Crippen molar-refractivity contribution in [1.29, 1.82) is 0 Å². The Balaban J connectivity index is 1.90. The number of rotatable bonds is 3. The first-order valence-corrected chi connectivity index (χ1v) is 6.55. The van der Waals surface area contributed by atoms with E-state index in [4.69, 9.17) is 10.8 Å². The molecule has 0 radical (unpaired) electrons. The molecule has 4 nitrogen and oxygen atoms in total. The van der Waals surface area contributed by atoms with E-state index in [1.165, 1.54) is 32.4 Å². The van der Waals surface area contributed by atoms with Gasteiger partial charge in [-0.25, -0.2) is 0 Å². The first-order valence-electron chi connectivity index (χ1n) is 6.55. The number of nitrogens with zero attached hydrogens (tertiary/aromatic N) is 2. The van der Waals surface area contributed by atoms with Crippen LogP contribution in [0.1, 0.15) is 26.2 Å². The van der Waals surface area contributed by atoms with Crippen molar-refractivity contribution in [3.8, 4) is 0 Å². The monoisotopic (exact) mass is 227 g/mol. The average Bonchev–Trinajstić information content (AvgIpc) is 2.30. The zero-order valence-corrected chi connectivity index (χ0v) is 10.3. The number of nitrogens with two attached hydrogens (primary N) is 1. The minimum Gasteiger partial charge on any atom is -0.395 e. The molecule has 2 aliphatic rings. The van der Waals surface area contributed by atoms with Crippen molar-refractivity contribution in [2.45, 2.75) is 44.3 Å². The molecule has 2 rings (SSSR count). The van der Waals surface area contributed by atoms with Crippen LogP contribution in [0.5, 0.6) is 0 Å². The molecular weight excluding hydrogens is 202 g/mol. The third-order valence-electron chi connectivity index (χ3n) is 4.02. The fraction of sp³-hybridized carbons (Fsp3) is 1.00. The zero-order valence-electron chi connectivity index (χ0n) is 10.3. The average molecular weight is 227 g/mol. The van der Waals surface area contributed by atoms with E-state index in [0.717, 1.165) is 19.1 Å². The van der Waals surface area contributed by atoms with Crippen molar-refractivity contribution in [1.82, 2.24) is 9.80 Å². The zero-order chi connectivity index (χ0) is 11.5. The van der Waals surface area contributed by atoms with E-state index >= 15 is 0 Å². The van der Waals surface area contributed by atoms with Gasteiger partial charge in [-0.15, -0.1) is 0 Å². The molecule has 0 aliphatic carbocycles. The number of fused-ring (bicyclic) bond motifs is 1. The first kappa shape index (κ1) is 12.3. The molecule has 3 unspecified atom stereocenters. The highest BCUT2D eigenvalue weighted by Crippen LogP contribution is 2.23. The van der Waals surface area contributed by atoms with Gasteiger partial charge >= 0.3 is 0 Å². The van der Waals surface area contributed by atoms with Crippen molar-refractivity contribution < 1.29 is 5.11 Å². The Bertz CT molecular complexity index is 224. The smallest absolute Gasteiger partial charge is 0.0595 e. The summed E-state index contributed by atoms with van der Waals surface area (Å²) in [6.45, 7) is 6.78. The van der Waals surface area contributed by atoms with Crippen LogP contribution in [0.4, 0.5) is 0 Å². The highest BCUT2D eigenvalue weighted by atomic mass is 16.3. The minimum atomic E-state index is -0.0856. The number of aliphatic hydroxyl groups is 1. The summed E-state index contributed by atoms with van der Waals surface area (Å²) < 4.78 is 0. The molecule has 2 heterocycles. The maximum Gasteiger partial charge on any atom is 0.0595 e. The molecule has 0 aromatic heterocycles. The van der Waals surface area contributed by atoms with E-state index in [9.17, 15) is 0 Å². The van der Waals surface area contributed by atoms with Crippen LogP contribution in [0.15, 0.2) is 0 Å². The summed E-state index contributed by atoms with van der Waals surface area (Å²) in [6.07, 6.45) is 4.06. The third kappa shape index (κ3) is 2.74. The van der Waals surface area contributed by atoms with Gasteiger partial charge in [0.05, 0.1) is 6.61 Å². The van der Waals surface area contributed by atoms with Crippen LogP contribution < -0.4 is 5.73 Å². The number of aliphatic hydroxyl groups excluding tert-OH is 1. The molecule has 0 bridgehead atoms. The molecule has 3 atom stereocenters. The quantitative estimate of drug-likeness (QED) is 0.705. The summed E-state index contributed by atoms with van der Waals surface area (Å²) in [6, 6.07) is 1.22. The molecule has 4 heteroatoms. The Morgan fingerprint density at radius 1 is 1.38 bits per heavy atom. The number of piperazine rings is 1. The van der Waals surface area contributed by atoms with Crippen molar-refractivity contribution in [3.05, 3.63) is 0 Å². The summed E-state index contributed by atoms with van der Waals surface area (Å²) in [5.74, 6) is 0. The summed E-state index contributed by atoms with van der Waals surface area (Å²) in [5, 5.41) is 9.02. The topological polar surface area (TPSA) is 52.7 Å². The molecule has 0 aromatic carbocycles. The van der Waals surface area contributed by atoms with Crippen LogP contribution in [0.25, 0.3) is 0 Å². The number of piperidine rings is 1. The maximum absolute atomic E-state index is 9.02. The molecule has 0 spiro atoms. The molecular formula is C12H25N3O. The minimum absolute atomic E-state index is 0.0856. The lowest BCUT2D eigenvalue weighted by molar-refractivity contribution is 0.00992. The van der Waals surface area contributed by atoms with Gasteiger partial charge in [0.15, 0.2) is 0 Å². The Morgan fingerprint density at radius 3 is 2.94 bits per heavy atom. The Hall–Kier alpha value is -0.160. The number of hydrogen-bond acceptors (Lipinski definition) is 4. The predicted octanol–water partition coefficient (Wildman–Crippen LogP) is -0.135. The molecule has 0 amide bonds. The van der Waals surface area contributed by atoms with Crippen LogP contribution in [0.3, 0.4) is 0 Å². The van der Waals surface area contributed by atoms with Gasteiger partial charge < -0.3 is 10.8 Å². The summed E-state index contributed by atoms with van der Waals surface area (Å²) in [4.78, 5) is 5.09. The van der Waals surface area contributed by atoms with Gasteiger partial charge in [-0.1, -0.05) is 6.42 Å². The molecule has 0 aromatic rings. The van der Waals surface area contributed by atoms with Gasteiger partial charge in [-0.05, 0) is 26.3 Å². The van der Waals surface area contributed by atoms with E-state index in [-0.39, 0.29) is 12.6 Å². The largest absolute Gasteiger partial charge is 0.395 e. The van der Waals surface area contributed by atoms with Crippen LogP contribution in [0, 0.1) is 0 Å². The lowest BCUT2D eigenvalue weighted by atomic mass is 9.97. The van der Waals surface area contributed by atoms with Gasteiger partial charge in [-0.2, -0.15) is 0 Å². The highest BCUT2D eigenvalue weighted by molar-refractivity contribution is 4.90. The third-order valence-corrected chi connectivity index (χ3v) is 4.02. The second kappa shape index (κ2) is 5.45. The SMILES string of the molecule is CC1CN2CCCCC2CN1CC(N)CO. The first-order chi connectivity index (χ1) is 7.70. The second-order valence-electron chi connectivity index (χ2n) is 5.39. The standard InChI is InChI=1S/C12H25N3O/c1-10-6-14-5-3-2-4-12(14)8-15(10)7-11(13)9-16/h10-12,16H,2-9,13H2,1H3. The van der Waals surface area contributed by atoms with E-state index in [0.29, 0.717) is 6.04 Å². The normalized spacial score (nSPS) is 34.7. The van der Waals surface area contributed by atoms with Crippen LogP contribution in [0.2, 0.25) is 0 Å². The molecule has 0 saturated carbocycles. The lowest BCUT2D eigenvalue weighted by Crippen LogP contribution is -2.60. The van der Waals surface area contributed by atoms with E-state index < -0.39 is 0 Å². The van der Waals surface area contributed by atoms with Crippen LogP contribution >= 0.6 is 0 Å². The van der Waals surface area contributed by atoms with Gasteiger partial charge in [0, 0.05) is 37.8 Å². The van der Waals surface area contributed by atoms with Crippen molar-refractivity contribution >= 4 is 0 Å². The van der Waals surface area contributed by atoms with E-state index in [1.54, 1.807) is 0 Å². The second-order valence-corrected chi connectivity index (χ2v) is 5.39. The van der Waals surface area contributed by atoms with Crippen molar-refractivity contribution in [2.75, 3.05) is 32.8 Å². The highest BCUT2D eigenvalue weighted by Gasteiger charge is 2.33. The van der Waals surface area contributed by atoms with Crippen LogP contribution in [-0.2, 0) is 0 Å². The van der Waals surface area contributed by atoms with Crippen molar-refractivity contribution in [2.24, 2.45) is 5.73 Å². The summed E-state index contributed by atoms with van der Waals surface area (Å²) in [5.41, 5.74) is 5.83.